The topological polar surface area (TPSA) is 46.4 Å². The number of hydrogen-bond donors (Lipinski definition) is 1. The van der Waals surface area contributed by atoms with Crippen molar-refractivity contribution in [2.75, 3.05) is 0 Å². The molecule has 3 aromatic heterocycles. The van der Waals surface area contributed by atoms with Crippen molar-refractivity contribution < 1.29 is 4.79 Å². The van der Waals surface area contributed by atoms with E-state index >= 15 is 0 Å². The summed E-state index contributed by atoms with van der Waals surface area (Å²) >= 11 is 7.63. The van der Waals surface area contributed by atoms with Gasteiger partial charge < -0.3 is 5.32 Å². The van der Waals surface area contributed by atoms with E-state index in [4.69, 9.17) is 11.6 Å². The van der Waals surface area contributed by atoms with Crippen LogP contribution in [0.5, 0.6) is 0 Å². The summed E-state index contributed by atoms with van der Waals surface area (Å²) < 4.78 is 1.79. The number of nitrogens with one attached hydrogen (secondary N) is 1. The highest BCUT2D eigenvalue weighted by Crippen LogP contribution is 2.33. The molecule has 0 fully saturated rings. The molecule has 0 aliphatic rings. The van der Waals surface area contributed by atoms with Crippen molar-refractivity contribution in [2.24, 2.45) is 0 Å². The van der Waals surface area contributed by atoms with Gasteiger partial charge in [0.15, 0.2) is 0 Å². The molecule has 1 amide bonds. The van der Waals surface area contributed by atoms with Crippen molar-refractivity contribution in [3.8, 4) is 0 Å². The Morgan fingerprint density at radius 2 is 2.27 bits per heavy atom. The van der Waals surface area contributed by atoms with Crippen LogP contribution in [0.15, 0.2) is 36.7 Å². The average Bonchev–Trinajstić information content (AvgIpc) is 3.08. The van der Waals surface area contributed by atoms with Crippen molar-refractivity contribution >= 4 is 34.4 Å². The molecule has 0 atom stereocenters. The lowest BCUT2D eigenvalue weighted by molar-refractivity contribution is 0.0955. The normalized spacial score (nSPS) is 11.3. The highest BCUT2D eigenvalue weighted by atomic mass is 35.5. The minimum absolute atomic E-state index is 0.103. The summed E-state index contributed by atoms with van der Waals surface area (Å²) in [5.41, 5.74) is 1.98. The van der Waals surface area contributed by atoms with Crippen LogP contribution >= 0.6 is 22.9 Å². The largest absolute Gasteiger partial charge is 0.347 e. The Morgan fingerprint density at radius 3 is 3.00 bits per heavy atom. The monoisotopic (exact) mass is 333 g/mol. The number of carbonyl (C=O) groups is 1. The zero-order valence-corrected chi connectivity index (χ0v) is 13.9. The minimum atomic E-state index is -0.103. The van der Waals surface area contributed by atoms with Crippen LogP contribution in [0.2, 0.25) is 5.02 Å². The average molecular weight is 334 g/mol. The number of thiophene rings is 1. The van der Waals surface area contributed by atoms with Crippen LogP contribution in [-0.2, 0) is 6.54 Å². The van der Waals surface area contributed by atoms with Gasteiger partial charge in [-0.25, -0.2) is 4.52 Å². The van der Waals surface area contributed by atoms with Gasteiger partial charge in [-0.3, -0.25) is 4.79 Å². The van der Waals surface area contributed by atoms with E-state index in [0.29, 0.717) is 22.4 Å². The molecule has 0 saturated heterocycles. The number of pyridine rings is 1. The number of amides is 1. The third-order valence-electron chi connectivity index (χ3n) is 3.41. The Bertz CT molecular complexity index is 822. The molecule has 0 aromatic carbocycles. The molecule has 3 heterocycles. The SMILES string of the molecule is CC(C)c1sc(C(=O)NCc2cnn3ccccc23)cc1Cl. The number of fused-ring (bicyclic) bond motifs is 1. The summed E-state index contributed by atoms with van der Waals surface area (Å²) in [4.78, 5) is 14.0. The van der Waals surface area contributed by atoms with Crippen molar-refractivity contribution in [1.29, 1.82) is 0 Å². The number of hydrogen-bond acceptors (Lipinski definition) is 3. The molecule has 0 aliphatic carbocycles. The van der Waals surface area contributed by atoms with E-state index in [-0.39, 0.29) is 5.91 Å². The molecule has 0 aliphatic heterocycles. The van der Waals surface area contributed by atoms with E-state index in [0.717, 1.165) is 16.0 Å². The summed E-state index contributed by atoms with van der Waals surface area (Å²) in [5.74, 6) is 0.216. The molecule has 114 valence electrons. The molecule has 6 heteroatoms. The van der Waals surface area contributed by atoms with Crippen LogP contribution < -0.4 is 5.32 Å². The van der Waals surface area contributed by atoms with E-state index < -0.39 is 0 Å². The first kappa shape index (κ1) is 15.1. The Morgan fingerprint density at radius 1 is 1.45 bits per heavy atom. The van der Waals surface area contributed by atoms with Gasteiger partial charge in [0, 0.05) is 23.2 Å². The first-order valence-corrected chi connectivity index (χ1v) is 8.24. The van der Waals surface area contributed by atoms with Gasteiger partial charge in [0.05, 0.1) is 21.6 Å². The predicted molar refractivity (Wildman–Crippen MR) is 89.8 cm³/mol. The fraction of sp³-hybridized carbons (Fsp3) is 0.250. The van der Waals surface area contributed by atoms with Crippen LogP contribution in [0, 0.1) is 0 Å². The van der Waals surface area contributed by atoms with Gasteiger partial charge in [0.25, 0.3) is 5.91 Å². The lowest BCUT2D eigenvalue weighted by Crippen LogP contribution is -2.21. The molecule has 0 unspecified atom stereocenters. The highest BCUT2D eigenvalue weighted by molar-refractivity contribution is 7.14. The molecule has 4 nitrogen and oxygen atoms in total. The van der Waals surface area contributed by atoms with Crippen LogP contribution in [-0.4, -0.2) is 15.5 Å². The molecule has 0 radical (unpaired) electrons. The smallest absolute Gasteiger partial charge is 0.261 e. The summed E-state index contributed by atoms with van der Waals surface area (Å²) in [6.45, 7) is 4.58. The van der Waals surface area contributed by atoms with E-state index in [1.54, 1.807) is 16.8 Å². The third kappa shape index (κ3) is 2.87. The van der Waals surface area contributed by atoms with Gasteiger partial charge in [-0.15, -0.1) is 11.3 Å². The second-order valence-corrected chi connectivity index (χ2v) is 6.85. The molecule has 1 N–H and O–H groups in total. The van der Waals surface area contributed by atoms with Gasteiger partial charge in [-0.05, 0) is 24.1 Å². The van der Waals surface area contributed by atoms with Crippen molar-refractivity contribution in [3.05, 3.63) is 57.0 Å². The lowest BCUT2D eigenvalue weighted by atomic mass is 10.2. The second kappa shape index (κ2) is 6.10. The molecule has 0 saturated carbocycles. The maximum atomic E-state index is 12.3. The zero-order valence-electron chi connectivity index (χ0n) is 12.3. The van der Waals surface area contributed by atoms with Crippen molar-refractivity contribution in [1.82, 2.24) is 14.9 Å². The standard InChI is InChI=1S/C16H16ClN3OS/c1-10(2)15-12(17)7-14(22-15)16(21)18-8-11-9-19-20-6-4-3-5-13(11)20/h3-7,9-10H,8H2,1-2H3,(H,18,21). The van der Waals surface area contributed by atoms with Crippen molar-refractivity contribution in [2.45, 2.75) is 26.3 Å². The number of aromatic nitrogens is 2. The van der Waals surface area contributed by atoms with E-state index in [1.165, 1.54) is 11.3 Å². The Kier molecular flexibility index (Phi) is 4.18. The molecular weight excluding hydrogens is 318 g/mol. The predicted octanol–water partition coefficient (Wildman–Crippen LogP) is 4.10. The van der Waals surface area contributed by atoms with E-state index in [9.17, 15) is 4.79 Å². The highest BCUT2D eigenvalue weighted by Gasteiger charge is 2.16. The van der Waals surface area contributed by atoms with Crippen LogP contribution in [0.25, 0.3) is 5.52 Å². The van der Waals surface area contributed by atoms with Crippen molar-refractivity contribution in [3.63, 3.8) is 0 Å². The molecule has 3 aromatic rings. The zero-order chi connectivity index (χ0) is 15.7. The first-order valence-electron chi connectivity index (χ1n) is 7.05. The molecule has 0 spiro atoms. The first-order chi connectivity index (χ1) is 10.6. The maximum Gasteiger partial charge on any atom is 0.261 e. The summed E-state index contributed by atoms with van der Waals surface area (Å²) in [6, 6.07) is 7.60. The molecular formula is C16H16ClN3OS. The van der Waals surface area contributed by atoms with Gasteiger partial charge >= 0.3 is 0 Å². The van der Waals surface area contributed by atoms with E-state index in [2.05, 4.69) is 24.3 Å². The summed E-state index contributed by atoms with van der Waals surface area (Å²) in [5, 5.41) is 7.86. The number of carbonyl (C=O) groups excluding carboxylic acids is 1. The Labute approximate surface area is 137 Å². The van der Waals surface area contributed by atoms with Gasteiger partial charge in [-0.2, -0.15) is 5.10 Å². The second-order valence-electron chi connectivity index (χ2n) is 5.36. The van der Waals surface area contributed by atoms with Crippen LogP contribution in [0.4, 0.5) is 0 Å². The maximum absolute atomic E-state index is 12.3. The lowest BCUT2D eigenvalue weighted by Gasteiger charge is -2.02. The quantitative estimate of drug-likeness (QED) is 0.781. The Hall–Kier alpha value is -1.85. The molecule has 22 heavy (non-hydrogen) atoms. The fourth-order valence-electron chi connectivity index (χ4n) is 2.27. The Balaban J connectivity index is 1.73. The third-order valence-corrected chi connectivity index (χ3v) is 5.27. The number of nitrogens with zero attached hydrogens (tertiary/aromatic N) is 2. The molecule has 3 rings (SSSR count). The van der Waals surface area contributed by atoms with Crippen LogP contribution in [0.1, 0.15) is 39.9 Å². The van der Waals surface area contributed by atoms with Gasteiger partial charge in [0.1, 0.15) is 0 Å². The number of halogens is 1. The minimum Gasteiger partial charge on any atom is -0.347 e. The fourth-order valence-corrected chi connectivity index (χ4v) is 3.75. The van der Waals surface area contributed by atoms with Crippen LogP contribution in [0.3, 0.4) is 0 Å². The van der Waals surface area contributed by atoms with Gasteiger partial charge in [0.2, 0.25) is 0 Å². The van der Waals surface area contributed by atoms with Gasteiger partial charge in [-0.1, -0.05) is 31.5 Å². The van der Waals surface area contributed by atoms with E-state index in [1.807, 2.05) is 24.4 Å². The number of rotatable bonds is 4. The molecule has 0 bridgehead atoms. The summed E-state index contributed by atoms with van der Waals surface area (Å²) in [6.07, 6.45) is 3.66. The summed E-state index contributed by atoms with van der Waals surface area (Å²) in [7, 11) is 0.